The monoisotopic (exact) mass is 493 g/mol. The lowest BCUT2D eigenvalue weighted by atomic mass is 9.82. The van der Waals surface area contributed by atoms with E-state index in [1.807, 2.05) is 18.3 Å². The fourth-order valence-electron chi connectivity index (χ4n) is 5.82. The summed E-state index contributed by atoms with van der Waals surface area (Å²) in [5.41, 5.74) is 11.0. The highest BCUT2D eigenvalue weighted by molar-refractivity contribution is 6.31. The predicted molar refractivity (Wildman–Crippen MR) is 153 cm³/mol. The number of fused-ring (bicyclic) bond motifs is 2. The first-order chi connectivity index (χ1) is 17.8. The summed E-state index contributed by atoms with van der Waals surface area (Å²) in [6.45, 7) is 4.36. The molecule has 1 saturated heterocycles. The molecule has 0 bridgehead atoms. The van der Waals surface area contributed by atoms with Crippen molar-refractivity contribution in [3.63, 3.8) is 0 Å². The second kappa shape index (κ2) is 10.5. The number of rotatable bonds is 5. The molecule has 0 spiro atoms. The van der Waals surface area contributed by atoms with Crippen LogP contribution in [0.3, 0.4) is 0 Å². The number of piperidine rings is 1. The van der Waals surface area contributed by atoms with Crippen LogP contribution in [0.15, 0.2) is 89.7 Å². The summed E-state index contributed by atoms with van der Waals surface area (Å²) >= 11 is 6.13. The average molecular weight is 494 g/mol. The van der Waals surface area contributed by atoms with Gasteiger partial charge < -0.3 is 10.2 Å². The van der Waals surface area contributed by atoms with Crippen molar-refractivity contribution in [2.24, 2.45) is 0 Å². The molecule has 3 nitrogen and oxygen atoms in total. The van der Waals surface area contributed by atoms with E-state index in [4.69, 9.17) is 11.6 Å². The number of hydrogen-bond donors (Lipinski definition) is 1. The van der Waals surface area contributed by atoms with Crippen molar-refractivity contribution in [1.82, 2.24) is 9.88 Å². The molecule has 0 saturated carbocycles. The van der Waals surface area contributed by atoms with Gasteiger partial charge in [-0.2, -0.15) is 0 Å². The van der Waals surface area contributed by atoms with E-state index in [1.165, 1.54) is 16.7 Å². The van der Waals surface area contributed by atoms with Crippen molar-refractivity contribution < 1.29 is 0 Å². The van der Waals surface area contributed by atoms with Crippen LogP contribution in [0.2, 0.25) is 5.02 Å². The quantitative estimate of drug-likeness (QED) is 0.366. The highest BCUT2D eigenvalue weighted by atomic mass is 35.5. The Bertz CT molecular complexity index is 1400. The number of allylic oxidation sites excluding steroid dienone is 6. The van der Waals surface area contributed by atoms with E-state index in [2.05, 4.69) is 75.9 Å². The molecular formula is C32H32ClN3. The SMILES string of the molecule is Clc1ccc2c(NCCCN3CCC(=C4C5=C(C=CCC5)C=Cc5ccccc54)CC3)ccnc2c1. The lowest BCUT2D eigenvalue weighted by molar-refractivity contribution is 0.256. The molecule has 36 heavy (non-hydrogen) atoms. The Morgan fingerprint density at radius 3 is 2.75 bits per heavy atom. The largest absolute Gasteiger partial charge is 0.384 e. The molecule has 0 atom stereocenters. The van der Waals surface area contributed by atoms with E-state index in [0.29, 0.717) is 0 Å². The fraction of sp³-hybridized carbons (Fsp3) is 0.281. The molecule has 3 aromatic rings. The summed E-state index contributed by atoms with van der Waals surface area (Å²) in [6, 6.07) is 16.9. The summed E-state index contributed by atoms with van der Waals surface area (Å²) in [5.74, 6) is 0. The summed E-state index contributed by atoms with van der Waals surface area (Å²) < 4.78 is 0. The van der Waals surface area contributed by atoms with E-state index >= 15 is 0 Å². The average Bonchev–Trinajstić information content (AvgIpc) is 3.08. The highest BCUT2D eigenvalue weighted by Gasteiger charge is 2.24. The maximum Gasteiger partial charge on any atom is 0.0737 e. The van der Waals surface area contributed by atoms with Gasteiger partial charge in [0.2, 0.25) is 0 Å². The van der Waals surface area contributed by atoms with Crippen molar-refractivity contribution in [3.05, 3.63) is 106 Å². The van der Waals surface area contributed by atoms with Crippen LogP contribution >= 0.6 is 11.6 Å². The zero-order valence-electron chi connectivity index (χ0n) is 20.6. The van der Waals surface area contributed by atoms with Crippen LogP contribution in [0, 0.1) is 0 Å². The van der Waals surface area contributed by atoms with Crippen LogP contribution in [-0.2, 0) is 0 Å². The van der Waals surface area contributed by atoms with Gasteiger partial charge in [-0.25, -0.2) is 0 Å². The Morgan fingerprint density at radius 2 is 1.83 bits per heavy atom. The first-order valence-electron chi connectivity index (χ1n) is 13.2. The minimum atomic E-state index is 0.725. The van der Waals surface area contributed by atoms with Crippen LogP contribution in [0.25, 0.3) is 22.6 Å². The molecule has 2 aliphatic carbocycles. The zero-order chi connectivity index (χ0) is 24.3. The smallest absolute Gasteiger partial charge is 0.0737 e. The Kier molecular flexibility index (Phi) is 6.76. The van der Waals surface area contributed by atoms with Gasteiger partial charge in [0.05, 0.1) is 5.52 Å². The molecule has 1 N–H and O–H groups in total. The second-order valence-corrected chi connectivity index (χ2v) is 10.4. The minimum Gasteiger partial charge on any atom is -0.384 e. The lowest BCUT2D eigenvalue weighted by Gasteiger charge is -2.31. The third-order valence-corrected chi connectivity index (χ3v) is 7.90. The Morgan fingerprint density at radius 1 is 0.944 bits per heavy atom. The van der Waals surface area contributed by atoms with Crippen molar-refractivity contribution in [2.75, 3.05) is 31.5 Å². The maximum atomic E-state index is 6.13. The minimum absolute atomic E-state index is 0.725. The number of halogens is 1. The molecule has 0 unspecified atom stereocenters. The molecule has 182 valence electrons. The van der Waals surface area contributed by atoms with Gasteiger partial charge in [0.1, 0.15) is 0 Å². The molecule has 2 heterocycles. The third kappa shape index (κ3) is 4.78. The summed E-state index contributed by atoms with van der Waals surface area (Å²) in [6.07, 6.45) is 16.9. The van der Waals surface area contributed by atoms with Gasteiger partial charge in [0, 0.05) is 41.9 Å². The van der Waals surface area contributed by atoms with Crippen molar-refractivity contribution in [1.29, 1.82) is 0 Å². The predicted octanol–water partition coefficient (Wildman–Crippen LogP) is 7.91. The van der Waals surface area contributed by atoms with Crippen LogP contribution in [-0.4, -0.2) is 36.1 Å². The van der Waals surface area contributed by atoms with Crippen LogP contribution < -0.4 is 5.32 Å². The Balaban J connectivity index is 1.11. The zero-order valence-corrected chi connectivity index (χ0v) is 21.4. The molecule has 4 heteroatoms. The van der Waals surface area contributed by atoms with Crippen LogP contribution in [0.4, 0.5) is 5.69 Å². The molecule has 2 aromatic carbocycles. The number of anilines is 1. The van der Waals surface area contributed by atoms with Gasteiger partial charge >= 0.3 is 0 Å². The van der Waals surface area contributed by atoms with E-state index in [1.54, 1.807) is 16.7 Å². The molecular weight excluding hydrogens is 462 g/mol. The number of likely N-dealkylation sites (tertiary alicyclic amines) is 1. The summed E-state index contributed by atoms with van der Waals surface area (Å²) in [7, 11) is 0. The number of pyridine rings is 1. The standard InChI is InChI=1S/C32H32ClN3/c33-26-12-13-29-30(14-18-35-31(29)22-26)34-17-5-19-36-20-15-25(16-21-36)32-27-8-3-1-6-23(27)10-11-24-7-2-4-9-28(24)32/h1-3,6-8,10-14,18,22H,4-5,9,15-17,19-21H2,(H,34,35). The molecule has 6 rings (SSSR count). The summed E-state index contributed by atoms with van der Waals surface area (Å²) in [5, 5.41) is 5.47. The van der Waals surface area contributed by atoms with E-state index in [-0.39, 0.29) is 0 Å². The van der Waals surface area contributed by atoms with Crippen LogP contribution in [0.1, 0.15) is 43.2 Å². The van der Waals surface area contributed by atoms with Crippen molar-refractivity contribution >= 4 is 39.8 Å². The number of aromatic nitrogens is 1. The topological polar surface area (TPSA) is 28.2 Å². The van der Waals surface area contributed by atoms with Gasteiger partial charge in [0.15, 0.2) is 0 Å². The third-order valence-electron chi connectivity index (χ3n) is 7.67. The van der Waals surface area contributed by atoms with Gasteiger partial charge in [-0.05, 0) is 90.8 Å². The molecule has 0 radical (unpaired) electrons. The van der Waals surface area contributed by atoms with Crippen LogP contribution in [0.5, 0.6) is 0 Å². The normalized spacial score (nSPS) is 17.8. The first-order valence-corrected chi connectivity index (χ1v) is 13.5. The number of nitrogens with zero attached hydrogens (tertiary/aromatic N) is 2. The van der Waals surface area contributed by atoms with Crippen molar-refractivity contribution in [3.8, 4) is 0 Å². The summed E-state index contributed by atoms with van der Waals surface area (Å²) in [4.78, 5) is 7.08. The first kappa shape index (κ1) is 23.3. The molecule has 1 aliphatic heterocycles. The Hall–Kier alpha value is -3.14. The van der Waals surface area contributed by atoms with Gasteiger partial charge in [-0.15, -0.1) is 0 Å². The van der Waals surface area contributed by atoms with E-state index in [9.17, 15) is 0 Å². The van der Waals surface area contributed by atoms with Gasteiger partial charge in [0.25, 0.3) is 0 Å². The van der Waals surface area contributed by atoms with Gasteiger partial charge in [-0.1, -0.05) is 65.7 Å². The molecule has 1 fully saturated rings. The second-order valence-electron chi connectivity index (χ2n) is 9.92. The highest BCUT2D eigenvalue weighted by Crippen LogP contribution is 2.41. The van der Waals surface area contributed by atoms with E-state index < -0.39 is 0 Å². The maximum absolute atomic E-state index is 6.13. The number of nitrogens with one attached hydrogen (secondary N) is 1. The van der Waals surface area contributed by atoms with E-state index in [0.717, 1.165) is 79.9 Å². The Labute approximate surface area is 218 Å². The van der Waals surface area contributed by atoms with Crippen molar-refractivity contribution in [2.45, 2.75) is 32.1 Å². The van der Waals surface area contributed by atoms with Gasteiger partial charge in [-0.3, -0.25) is 4.98 Å². The number of benzene rings is 2. The fourth-order valence-corrected chi connectivity index (χ4v) is 5.99. The number of hydrogen-bond acceptors (Lipinski definition) is 3. The molecule has 1 aromatic heterocycles. The molecule has 0 amide bonds. The lowest BCUT2D eigenvalue weighted by Crippen LogP contribution is -2.32. The molecule has 3 aliphatic rings.